The smallest absolute Gasteiger partial charge is 0.155 e. The zero-order valence-electron chi connectivity index (χ0n) is 9.33. The monoisotopic (exact) mass is 283 g/mol. The molecule has 0 saturated heterocycles. The van der Waals surface area contributed by atoms with Crippen LogP contribution in [-0.4, -0.2) is 16.3 Å². The Kier molecular flexibility index (Phi) is 3.16. The van der Waals surface area contributed by atoms with Crippen molar-refractivity contribution >= 4 is 15.9 Å². The number of hydrogen-bond donors (Lipinski definition) is 1. The molecule has 0 fully saturated rings. The molecule has 0 bridgehead atoms. The third-order valence-electron chi connectivity index (χ3n) is 2.46. The topological polar surface area (TPSA) is 57.0 Å². The summed E-state index contributed by atoms with van der Waals surface area (Å²) in [5.74, 6) is 1.66. The molecule has 5 heteroatoms. The van der Waals surface area contributed by atoms with Gasteiger partial charge in [-0.1, -0.05) is 0 Å². The molecule has 0 aliphatic carbocycles. The van der Waals surface area contributed by atoms with E-state index in [1.54, 1.807) is 0 Å². The molecule has 0 unspecified atom stereocenters. The Morgan fingerprint density at radius 3 is 2.81 bits per heavy atom. The van der Waals surface area contributed by atoms with Gasteiger partial charge in [-0.25, -0.2) is 0 Å². The molecule has 4 nitrogen and oxygen atoms in total. The summed E-state index contributed by atoms with van der Waals surface area (Å²) in [6, 6.07) is 3.85. The van der Waals surface area contributed by atoms with Crippen molar-refractivity contribution in [3.63, 3.8) is 0 Å². The predicted octanol–water partition coefficient (Wildman–Crippen LogP) is 2.25. The van der Waals surface area contributed by atoms with Crippen LogP contribution >= 0.6 is 15.9 Å². The molecule has 2 aromatic rings. The molecule has 2 rings (SSSR count). The molecule has 0 saturated carbocycles. The molecule has 0 atom stereocenters. The fourth-order valence-corrected chi connectivity index (χ4v) is 2.39. The van der Waals surface area contributed by atoms with Crippen LogP contribution in [0, 0.1) is 6.92 Å². The maximum atomic E-state index is 5.56. The van der Waals surface area contributed by atoms with Crippen LogP contribution in [0.5, 0.6) is 0 Å². The van der Waals surface area contributed by atoms with E-state index in [0.29, 0.717) is 6.54 Å². The number of nitrogens with zero attached hydrogens (tertiary/aromatic N) is 2. The van der Waals surface area contributed by atoms with Crippen molar-refractivity contribution in [1.29, 1.82) is 0 Å². The Balaban J connectivity index is 2.46. The maximum Gasteiger partial charge on any atom is 0.155 e. The quantitative estimate of drug-likeness (QED) is 0.940. The van der Waals surface area contributed by atoms with Crippen LogP contribution in [0.2, 0.25) is 0 Å². The number of halogens is 1. The van der Waals surface area contributed by atoms with Crippen molar-refractivity contribution in [3.05, 3.63) is 28.1 Å². The summed E-state index contributed by atoms with van der Waals surface area (Å²) < 4.78 is 8.36. The highest BCUT2D eigenvalue weighted by Crippen LogP contribution is 2.31. The normalized spacial score (nSPS) is 11.0. The van der Waals surface area contributed by atoms with E-state index in [1.807, 2.05) is 30.8 Å². The molecule has 0 aliphatic heterocycles. The van der Waals surface area contributed by atoms with Gasteiger partial charge in [0, 0.05) is 13.5 Å². The van der Waals surface area contributed by atoms with Crippen LogP contribution in [0.4, 0.5) is 0 Å². The third-order valence-corrected chi connectivity index (χ3v) is 3.29. The van der Waals surface area contributed by atoms with Crippen LogP contribution in [0.25, 0.3) is 11.5 Å². The summed E-state index contributed by atoms with van der Waals surface area (Å²) in [6.45, 7) is 2.52. The van der Waals surface area contributed by atoms with Gasteiger partial charge in [0.1, 0.15) is 11.5 Å². The fraction of sp³-hybridized carbons (Fsp3) is 0.364. The summed E-state index contributed by atoms with van der Waals surface area (Å²) in [5.41, 5.74) is 7.49. The van der Waals surface area contributed by atoms with Crippen LogP contribution in [0.1, 0.15) is 11.5 Å². The lowest BCUT2D eigenvalue weighted by Gasteiger charge is -1.98. The first-order valence-electron chi connectivity index (χ1n) is 5.11. The molecule has 0 aromatic carbocycles. The van der Waals surface area contributed by atoms with Crippen molar-refractivity contribution in [2.45, 2.75) is 13.3 Å². The highest BCUT2D eigenvalue weighted by atomic mass is 79.9. The predicted molar refractivity (Wildman–Crippen MR) is 66.1 cm³/mol. The fourth-order valence-electron chi connectivity index (χ4n) is 1.66. The van der Waals surface area contributed by atoms with Gasteiger partial charge in [0.25, 0.3) is 0 Å². The van der Waals surface area contributed by atoms with Crippen molar-refractivity contribution in [2.75, 3.05) is 6.54 Å². The molecule has 0 radical (unpaired) electrons. The molecule has 0 spiro atoms. The highest BCUT2D eigenvalue weighted by Gasteiger charge is 2.16. The van der Waals surface area contributed by atoms with E-state index in [2.05, 4.69) is 21.0 Å². The van der Waals surface area contributed by atoms with Gasteiger partial charge in [0.05, 0.1) is 10.2 Å². The summed E-state index contributed by atoms with van der Waals surface area (Å²) >= 11 is 3.55. The lowest BCUT2D eigenvalue weighted by Crippen LogP contribution is -2.07. The SMILES string of the molecule is Cc1ccc(-c2nn(C)c(CCN)c2Br)o1. The second kappa shape index (κ2) is 4.43. The summed E-state index contributed by atoms with van der Waals surface area (Å²) in [4.78, 5) is 0. The first-order chi connectivity index (χ1) is 7.63. The second-order valence-corrected chi connectivity index (χ2v) is 4.47. The first kappa shape index (κ1) is 11.4. The summed E-state index contributed by atoms with van der Waals surface area (Å²) in [6.07, 6.45) is 0.795. The maximum absolute atomic E-state index is 5.56. The number of furan rings is 1. The Hall–Kier alpha value is -1.07. The molecule has 0 amide bonds. The Morgan fingerprint density at radius 2 is 2.25 bits per heavy atom. The van der Waals surface area contributed by atoms with Gasteiger partial charge < -0.3 is 10.2 Å². The number of nitrogens with two attached hydrogens (primary N) is 1. The average molecular weight is 284 g/mol. The average Bonchev–Trinajstić information content (AvgIpc) is 2.77. The van der Waals surface area contributed by atoms with Gasteiger partial charge in [0.15, 0.2) is 5.76 Å². The number of aromatic nitrogens is 2. The standard InChI is InChI=1S/C11H14BrN3O/c1-7-3-4-9(16-7)11-10(12)8(5-6-13)15(2)14-11/h3-4H,5-6,13H2,1-2H3. The van der Waals surface area contributed by atoms with E-state index in [9.17, 15) is 0 Å². The van der Waals surface area contributed by atoms with E-state index in [4.69, 9.17) is 10.2 Å². The van der Waals surface area contributed by atoms with Crippen molar-refractivity contribution in [1.82, 2.24) is 9.78 Å². The number of hydrogen-bond acceptors (Lipinski definition) is 3. The lowest BCUT2D eigenvalue weighted by atomic mass is 10.2. The van der Waals surface area contributed by atoms with E-state index in [1.165, 1.54) is 0 Å². The van der Waals surface area contributed by atoms with Crippen molar-refractivity contribution < 1.29 is 4.42 Å². The van der Waals surface area contributed by atoms with Gasteiger partial charge in [0.2, 0.25) is 0 Å². The van der Waals surface area contributed by atoms with Crippen molar-refractivity contribution in [2.24, 2.45) is 12.8 Å². The molecule has 16 heavy (non-hydrogen) atoms. The van der Waals surface area contributed by atoms with Crippen LogP contribution in [0.3, 0.4) is 0 Å². The lowest BCUT2D eigenvalue weighted by molar-refractivity contribution is 0.544. The number of rotatable bonds is 3. The van der Waals surface area contributed by atoms with Crippen LogP contribution in [0.15, 0.2) is 21.0 Å². The summed E-state index contributed by atoms with van der Waals surface area (Å²) in [5, 5.41) is 4.43. The molecule has 0 aliphatic rings. The molecule has 86 valence electrons. The minimum absolute atomic E-state index is 0.606. The van der Waals surface area contributed by atoms with E-state index < -0.39 is 0 Å². The van der Waals surface area contributed by atoms with Gasteiger partial charge in [-0.3, -0.25) is 4.68 Å². The van der Waals surface area contributed by atoms with E-state index in [-0.39, 0.29) is 0 Å². The van der Waals surface area contributed by atoms with Gasteiger partial charge in [-0.15, -0.1) is 0 Å². The van der Waals surface area contributed by atoms with E-state index in [0.717, 1.165) is 33.8 Å². The highest BCUT2D eigenvalue weighted by molar-refractivity contribution is 9.10. The third kappa shape index (κ3) is 1.92. The first-order valence-corrected chi connectivity index (χ1v) is 5.91. The molecule has 2 N–H and O–H groups in total. The van der Waals surface area contributed by atoms with Crippen LogP contribution < -0.4 is 5.73 Å². The van der Waals surface area contributed by atoms with Crippen LogP contribution in [-0.2, 0) is 13.5 Å². The van der Waals surface area contributed by atoms with Gasteiger partial charge in [-0.2, -0.15) is 5.10 Å². The molecule has 2 heterocycles. The zero-order chi connectivity index (χ0) is 11.7. The Labute approximate surface area is 103 Å². The number of aryl methyl sites for hydroxylation is 2. The van der Waals surface area contributed by atoms with Gasteiger partial charge in [-0.05, 0) is 41.5 Å². The van der Waals surface area contributed by atoms with Gasteiger partial charge >= 0.3 is 0 Å². The largest absolute Gasteiger partial charge is 0.460 e. The second-order valence-electron chi connectivity index (χ2n) is 3.68. The summed E-state index contributed by atoms with van der Waals surface area (Å²) in [7, 11) is 1.91. The van der Waals surface area contributed by atoms with E-state index >= 15 is 0 Å². The molecular weight excluding hydrogens is 270 g/mol. The molecule has 2 aromatic heterocycles. The molecular formula is C11H14BrN3O. The van der Waals surface area contributed by atoms with Crippen molar-refractivity contribution in [3.8, 4) is 11.5 Å². The Bertz CT molecular complexity index is 501. The zero-order valence-corrected chi connectivity index (χ0v) is 10.9. The Morgan fingerprint density at radius 1 is 1.50 bits per heavy atom. The minimum atomic E-state index is 0.606. The minimum Gasteiger partial charge on any atom is -0.460 e.